The first kappa shape index (κ1) is 60.3. The molecule has 0 radical (unpaired) electrons. The lowest BCUT2D eigenvalue weighted by Gasteiger charge is -2.18. The smallest absolute Gasteiger partial charge is 0.306 e. The first-order valence-corrected chi connectivity index (χ1v) is 26.2. The number of allylic oxidation sites excluding steroid dienone is 16. The van der Waals surface area contributed by atoms with Crippen molar-refractivity contribution in [2.75, 3.05) is 13.2 Å². The van der Waals surface area contributed by atoms with Gasteiger partial charge in [-0.15, -0.1) is 0 Å². The number of unbranched alkanes of at least 4 members (excludes halogenated alkanes) is 19. The molecule has 6 heteroatoms. The van der Waals surface area contributed by atoms with Crippen molar-refractivity contribution < 1.29 is 28.6 Å². The molecule has 0 spiro atoms. The van der Waals surface area contributed by atoms with Crippen LogP contribution in [0.2, 0.25) is 0 Å². The Morgan fingerprint density at radius 3 is 1.02 bits per heavy atom. The molecule has 1 atom stereocenters. The average molecular weight is 889 g/mol. The van der Waals surface area contributed by atoms with Crippen LogP contribution < -0.4 is 0 Å². The Bertz CT molecular complexity index is 1300. The van der Waals surface area contributed by atoms with E-state index < -0.39 is 6.10 Å². The lowest BCUT2D eigenvalue weighted by molar-refractivity contribution is -0.167. The van der Waals surface area contributed by atoms with Gasteiger partial charge in [-0.2, -0.15) is 0 Å². The second-order valence-electron chi connectivity index (χ2n) is 17.0. The molecule has 0 amide bonds. The fourth-order valence-corrected chi connectivity index (χ4v) is 6.96. The minimum absolute atomic E-state index is 0.106. The molecule has 0 aliphatic carbocycles. The fourth-order valence-electron chi connectivity index (χ4n) is 6.96. The summed E-state index contributed by atoms with van der Waals surface area (Å²) in [5, 5.41) is 0. The highest BCUT2D eigenvalue weighted by atomic mass is 16.6. The van der Waals surface area contributed by atoms with E-state index in [1.807, 2.05) is 0 Å². The predicted octanol–water partition coefficient (Wildman–Crippen LogP) is 17.4. The summed E-state index contributed by atoms with van der Waals surface area (Å²) in [6.07, 6.45) is 68.2. The Morgan fingerprint density at radius 2 is 0.625 bits per heavy atom. The van der Waals surface area contributed by atoms with Gasteiger partial charge in [0.25, 0.3) is 0 Å². The van der Waals surface area contributed by atoms with Crippen LogP contribution in [0.15, 0.2) is 97.2 Å². The van der Waals surface area contributed by atoms with Crippen molar-refractivity contribution in [3.05, 3.63) is 97.2 Å². The van der Waals surface area contributed by atoms with Crippen LogP contribution in [0.4, 0.5) is 0 Å². The highest BCUT2D eigenvalue weighted by molar-refractivity contribution is 5.71. The molecule has 0 aromatic heterocycles. The summed E-state index contributed by atoms with van der Waals surface area (Å²) in [7, 11) is 0. The SMILES string of the molecule is CC/C=C\C/C=C\C/C=C\C/C=C\C/C=C\CCCC(=O)OCC(COC(=O)CCCCCC/C=C\C/C=C\C/C=C\CC)OC(=O)CCCCCCCCCCCCCCCCC. The van der Waals surface area contributed by atoms with Gasteiger partial charge >= 0.3 is 17.9 Å². The van der Waals surface area contributed by atoms with Crippen LogP contribution >= 0.6 is 0 Å². The summed E-state index contributed by atoms with van der Waals surface area (Å²) in [5.41, 5.74) is 0. The van der Waals surface area contributed by atoms with Crippen molar-refractivity contribution in [3.63, 3.8) is 0 Å². The molecule has 364 valence electrons. The third kappa shape index (κ3) is 49.3. The Morgan fingerprint density at radius 1 is 0.328 bits per heavy atom. The van der Waals surface area contributed by atoms with E-state index in [-0.39, 0.29) is 37.5 Å². The molecule has 0 saturated heterocycles. The van der Waals surface area contributed by atoms with Crippen molar-refractivity contribution >= 4 is 17.9 Å². The molecule has 0 aromatic rings. The summed E-state index contributed by atoms with van der Waals surface area (Å²) < 4.78 is 16.7. The minimum atomic E-state index is -0.808. The van der Waals surface area contributed by atoms with Crippen molar-refractivity contribution in [1.29, 1.82) is 0 Å². The van der Waals surface area contributed by atoms with Gasteiger partial charge in [-0.3, -0.25) is 14.4 Å². The van der Waals surface area contributed by atoms with Crippen LogP contribution in [0.1, 0.15) is 233 Å². The molecule has 0 aromatic carbocycles. The highest BCUT2D eigenvalue weighted by Gasteiger charge is 2.19. The molecule has 0 aliphatic heterocycles. The zero-order chi connectivity index (χ0) is 46.5. The van der Waals surface area contributed by atoms with Gasteiger partial charge in [0.1, 0.15) is 13.2 Å². The molecule has 0 rings (SSSR count). The van der Waals surface area contributed by atoms with Gasteiger partial charge in [-0.1, -0.05) is 221 Å². The molecule has 0 fully saturated rings. The van der Waals surface area contributed by atoms with Gasteiger partial charge < -0.3 is 14.2 Å². The van der Waals surface area contributed by atoms with Gasteiger partial charge in [-0.05, 0) is 89.9 Å². The number of rotatable bonds is 46. The van der Waals surface area contributed by atoms with Crippen molar-refractivity contribution in [2.24, 2.45) is 0 Å². The molecule has 0 aliphatic rings. The summed E-state index contributed by atoms with van der Waals surface area (Å²) >= 11 is 0. The van der Waals surface area contributed by atoms with E-state index in [0.717, 1.165) is 109 Å². The standard InChI is InChI=1S/C58H96O6/c1-4-7-10-13-16-19-22-25-28-29-31-33-36-39-42-45-48-51-57(60)63-54-55(53-62-56(59)50-47-44-41-38-35-32-27-24-21-18-15-12-9-6-3)64-58(61)52-49-46-43-40-37-34-30-26-23-20-17-14-11-8-5-2/h7,9-10,12,16,18-19,21,25,27-28,31-33,39,42,55H,4-6,8,11,13-15,17,20,22-24,26,29-30,34-38,40-41,43-54H2,1-3H3/b10-7-,12-9-,19-16-,21-18-,28-25-,32-27-,33-31-,42-39-. The topological polar surface area (TPSA) is 78.9 Å². The van der Waals surface area contributed by atoms with Crippen molar-refractivity contribution in [1.82, 2.24) is 0 Å². The van der Waals surface area contributed by atoms with Crippen LogP contribution in [-0.4, -0.2) is 37.2 Å². The largest absolute Gasteiger partial charge is 0.462 e. The minimum Gasteiger partial charge on any atom is -0.462 e. The monoisotopic (exact) mass is 889 g/mol. The lowest BCUT2D eigenvalue weighted by atomic mass is 10.0. The van der Waals surface area contributed by atoms with Gasteiger partial charge in [0.15, 0.2) is 6.10 Å². The molecular weight excluding hydrogens is 793 g/mol. The van der Waals surface area contributed by atoms with Gasteiger partial charge in [0.2, 0.25) is 0 Å². The first-order chi connectivity index (χ1) is 31.5. The van der Waals surface area contributed by atoms with E-state index >= 15 is 0 Å². The maximum Gasteiger partial charge on any atom is 0.306 e. The molecule has 6 nitrogen and oxygen atoms in total. The van der Waals surface area contributed by atoms with Crippen LogP contribution in [0.3, 0.4) is 0 Å². The number of ether oxygens (including phenoxy) is 3. The average Bonchev–Trinajstić information content (AvgIpc) is 3.29. The summed E-state index contributed by atoms with van der Waals surface area (Å²) in [4.78, 5) is 38.0. The van der Waals surface area contributed by atoms with Crippen LogP contribution in [-0.2, 0) is 28.6 Å². The zero-order valence-corrected chi connectivity index (χ0v) is 41.5. The number of carbonyl (C=O) groups excluding carboxylic acids is 3. The molecule has 0 saturated carbocycles. The van der Waals surface area contributed by atoms with E-state index in [0.29, 0.717) is 19.3 Å². The van der Waals surface area contributed by atoms with E-state index in [1.165, 1.54) is 77.0 Å². The molecule has 64 heavy (non-hydrogen) atoms. The maximum absolute atomic E-state index is 12.8. The third-order valence-corrected chi connectivity index (χ3v) is 10.8. The van der Waals surface area contributed by atoms with Crippen molar-refractivity contribution in [2.45, 2.75) is 239 Å². The maximum atomic E-state index is 12.8. The highest BCUT2D eigenvalue weighted by Crippen LogP contribution is 2.15. The van der Waals surface area contributed by atoms with Gasteiger partial charge in [0.05, 0.1) is 0 Å². The number of esters is 3. The molecule has 0 heterocycles. The number of hydrogen-bond donors (Lipinski definition) is 0. The number of carbonyl (C=O) groups is 3. The fraction of sp³-hybridized carbons (Fsp3) is 0.672. The zero-order valence-electron chi connectivity index (χ0n) is 41.5. The number of hydrogen-bond acceptors (Lipinski definition) is 6. The molecule has 0 N–H and O–H groups in total. The van der Waals surface area contributed by atoms with Gasteiger partial charge in [0, 0.05) is 19.3 Å². The normalized spacial score (nSPS) is 12.9. The first-order valence-electron chi connectivity index (χ1n) is 26.2. The van der Waals surface area contributed by atoms with E-state index in [1.54, 1.807) is 0 Å². The predicted molar refractivity (Wildman–Crippen MR) is 274 cm³/mol. The second-order valence-corrected chi connectivity index (χ2v) is 17.0. The van der Waals surface area contributed by atoms with Gasteiger partial charge in [-0.25, -0.2) is 0 Å². The Balaban J connectivity index is 4.51. The summed E-state index contributed by atoms with van der Waals surface area (Å²) in [5.74, 6) is -0.986. The van der Waals surface area contributed by atoms with E-state index in [2.05, 4.69) is 118 Å². The lowest BCUT2D eigenvalue weighted by Crippen LogP contribution is -2.30. The molecular formula is C58H96O6. The van der Waals surface area contributed by atoms with Crippen LogP contribution in [0.25, 0.3) is 0 Å². The summed E-state index contributed by atoms with van der Waals surface area (Å²) in [6, 6.07) is 0. The second kappa shape index (κ2) is 52.0. The van der Waals surface area contributed by atoms with Crippen LogP contribution in [0.5, 0.6) is 0 Å². The van der Waals surface area contributed by atoms with E-state index in [4.69, 9.17) is 14.2 Å². The quantitative estimate of drug-likeness (QED) is 0.0262. The Labute approximate surface area is 394 Å². The van der Waals surface area contributed by atoms with Crippen LogP contribution in [0, 0.1) is 0 Å². The van der Waals surface area contributed by atoms with E-state index in [9.17, 15) is 14.4 Å². The molecule has 1 unspecified atom stereocenters. The van der Waals surface area contributed by atoms with Crippen molar-refractivity contribution in [3.8, 4) is 0 Å². The Hall–Kier alpha value is -3.67. The Kier molecular flexibility index (Phi) is 49.0. The molecule has 0 bridgehead atoms. The third-order valence-electron chi connectivity index (χ3n) is 10.8. The summed E-state index contributed by atoms with van der Waals surface area (Å²) in [6.45, 7) is 6.34.